The third kappa shape index (κ3) is 4.02. The summed E-state index contributed by atoms with van der Waals surface area (Å²) in [5.41, 5.74) is 0.823. The third-order valence-corrected chi connectivity index (χ3v) is 1.70. The lowest BCUT2D eigenvalue weighted by atomic mass is 10.2. The molecular weight excluding hydrogens is 188 g/mol. The molecule has 3 nitrogen and oxygen atoms in total. The molecule has 0 amide bonds. The second-order valence-electron chi connectivity index (χ2n) is 4.43. The van der Waals surface area contributed by atoms with Gasteiger partial charge in [0.15, 0.2) is 5.88 Å². The summed E-state index contributed by atoms with van der Waals surface area (Å²) in [6.45, 7) is 11.7. The van der Waals surface area contributed by atoms with Crippen molar-refractivity contribution in [1.29, 1.82) is 0 Å². The van der Waals surface area contributed by atoms with Crippen LogP contribution in [0, 0.1) is 6.92 Å². The molecule has 82 valence electrons. The van der Waals surface area contributed by atoms with Crippen LogP contribution >= 0.6 is 0 Å². The van der Waals surface area contributed by atoms with Crippen molar-refractivity contribution in [2.75, 3.05) is 5.32 Å². The SMILES string of the molecule is C=C(Nc1ncccc1C)OC(C)(C)C. The minimum Gasteiger partial charge on any atom is -0.474 e. The molecule has 0 aliphatic heterocycles. The number of aromatic nitrogens is 1. The summed E-state index contributed by atoms with van der Waals surface area (Å²) in [4.78, 5) is 4.20. The van der Waals surface area contributed by atoms with E-state index in [-0.39, 0.29) is 5.60 Å². The Bertz CT molecular complexity index is 353. The minimum absolute atomic E-state index is 0.243. The zero-order valence-corrected chi connectivity index (χ0v) is 9.79. The third-order valence-electron chi connectivity index (χ3n) is 1.70. The van der Waals surface area contributed by atoms with E-state index in [1.54, 1.807) is 6.20 Å². The zero-order valence-electron chi connectivity index (χ0n) is 9.79. The van der Waals surface area contributed by atoms with E-state index >= 15 is 0 Å². The highest BCUT2D eigenvalue weighted by atomic mass is 16.5. The first-order valence-electron chi connectivity index (χ1n) is 4.95. The van der Waals surface area contributed by atoms with Crippen LogP contribution in [-0.2, 0) is 4.74 Å². The predicted octanol–water partition coefficient (Wildman–Crippen LogP) is 3.09. The Morgan fingerprint density at radius 3 is 2.67 bits per heavy atom. The van der Waals surface area contributed by atoms with E-state index in [1.807, 2.05) is 39.8 Å². The molecule has 1 aromatic rings. The van der Waals surface area contributed by atoms with Gasteiger partial charge in [-0.3, -0.25) is 0 Å². The van der Waals surface area contributed by atoms with Crippen molar-refractivity contribution >= 4 is 5.82 Å². The molecule has 0 aliphatic carbocycles. The minimum atomic E-state index is -0.243. The molecular formula is C12H18N2O. The van der Waals surface area contributed by atoms with Gasteiger partial charge in [-0.2, -0.15) is 0 Å². The number of anilines is 1. The number of nitrogens with zero attached hydrogens (tertiary/aromatic N) is 1. The number of nitrogens with one attached hydrogen (secondary N) is 1. The van der Waals surface area contributed by atoms with Gasteiger partial charge in [-0.15, -0.1) is 0 Å². The molecule has 0 radical (unpaired) electrons. The highest BCUT2D eigenvalue weighted by molar-refractivity contribution is 5.45. The van der Waals surface area contributed by atoms with E-state index in [9.17, 15) is 0 Å². The van der Waals surface area contributed by atoms with Gasteiger partial charge in [0.1, 0.15) is 11.4 Å². The van der Waals surface area contributed by atoms with Crippen LogP contribution in [0.15, 0.2) is 30.8 Å². The van der Waals surface area contributed by atoms with Crippen LogP contribution in [0.3, 0.4) is 0 Å². The smallest absolute Gasteiger partial charge is 0.185 e. The molecule has 0 spiro atoms. The maximum absolute atomic E-state index is 5.55. The van der Waals surface area contributed by atoms with Crippen molar-refractivity contribution in [3.63, 3.8) is 0 Å². The van der Waals surface area contributed by atoms with Crippen LogP contribution < -0.4 is 5.32 Å². The first kappa shape index (κ1) is 11.6. The summed E-state index contributed by atoms with van der Waals surface area (Å²) in [5.74, 6) is 1.30. The van der Waals surface area contributed by atoms with Gasteiger partial charge in [-0.1, -0.05) is 6.07 Å². The van der Waals surface area contributed by atoms with Gasteiger partial charge < -0.3 is 10.1 Å². The lowest BCUT2D eigenvalue weighted by Crippen LogP contribution is -2.21. The molecule has 0 aliphatic rings. The highest BCUT2D eigenvalue weighted by Crippen LogP contribution is 2.16. The maximum atomic E-state index is 5.55. The number of rotatable bonds is 3. The lowest BCUT2D eigenvalue weighted by Gasteiger charge is -2.23. The molecule has 0 unspecified atom stereocenters. The Morgan fingerprint density at radius 2 is 2.13 bits per heavy atom. The normalized spacial score (nSPS) is 10.9. The largest absolute Gasteiger partial charge is 0.474 e. The fourth-order valence-electron chi connectivity index (χ4n) is 1.14. The summed E-state index contributed by atoms with van der Waals surface area (Å²) in [6.07, 6.45) is 1.74. The molecule has 0 saturated carbocycles. The van der Waals surface area contributed by atoms with Crippen LogP contribution in [0.5, 0.6) is 0 Å². The van der Waals surface area contributed by atoms with Crippen molar-refractivity contribution < 1.29 is 4.74 Å². The van der Waals surface area contributed by atoms with Gasteiger partial charge in [0.2, 0.25) is 0 Å². The lowest BCUT2D eigenvalue weighted by molar-refractivity contribution is 0.0564. The van der Waals surface area contributed by atoms with E-state index in [0.717, 1.165) is 11.4 Å². The number of ether oxygens (including phenoxy) is 1. The maximum Gasteiger partial charge on any atom is 0.185 e. The van der Waals surface area contributed by atoms with E-state index in [2.05, 4.69) is 16.9 Å². The predicted molar refractivity (Wildman–Crippen MR) is 62.6 cm³/mol. The van der Waals surface area contributed by atoms with Crippen molar-refractivity contribution in [3.8, 4) is 0 Å². The summed E-state index contributed by atoms with van der Waals surface area (Å²) in [7, 11) is 0. The Labute approximate surface area is 91.2 Å². The molecule has 1 heterocycles. The average molecular weight is 206 g/mol. The van der Waals surface area contributed by atoms with E-state index in [1.165, 1.54) is 0 Å². The number of hydrogen-bond donors (Lipinski definition) is 1. The van der Waals surface area contributed by atoms with Crippen LogP contribution in [0.25, 0.3) is 0 Å². The Kier molecular flexibility index (Phi) is 3.35. The first-order chi connectivity index (χ1) is 6.88. The first-order valence-corrected chi connectivity index (χ1v) is 4.95. The van der Waals surface area contributed by atoms with Crippen LogP contribution in [0.1, 0.15) is 26.3 Å². The topological polar surface area (TPSA) is 34.2 Å². The molecule has 0 saturated heterocycles. The molecule has 0 fully saturated rings. The summed E-state index contributed by atoms with van der Waals surface area (Å²) in [6, 6.07) is 3.88. The van der Waals surface area contributed by atoms with Gasteiger partial charge >= 0.3 is 0 Å². The Hall–Kier alpha value is -1.51. The standard InChI is InChI=1S/C12H18N2O/c1-9-7-6-8-13-11(9)14-10(2)15-12(3,4)5/h6-8H,2H2,1,3-5H3,(H,13,14). The fourth-order valence-corrected chi connectivity index (χ4v) is 1.14. The molecule has 1 rings (SSSR count). The number of hydrogen-bond acceptors (Lipinski definition) is 3. The van der Waals surface area contributed by atoms with E-state index < -0.39 is 0 Å². The zero-order chi connectivity index (χ0) is 11.5. The molecule has 0 atom stereocenters. The second kappa shape index (κ2) is 4.34. The quantitative estimate of drug-likeness (QED) is 0.772. The van der Waals surface area contributed by atoms with Crippen molar-refractivity contribution in [1.82, 2.24) is 4.98 Å². The van der Waals surface area contributed by atoms with Crippen molar-refractivity contribution in [2.45, 2.75) is 33.3 Å². The number of aryl methyl sites for hydroxylation is 1. The molecule has 1 N–H and O–H groups in total. The van der Waals surface area contributed by atoms with Gasteiger partial charge in [-0.25, -0.2) is 4.98 Å². The summed E-state index contributed by atoms with van der Waals surface area (Å²) in [5, 5.41) is 3.04. The molecule has 1 aromatic heterocycles. The van der Waals surface area contributed by atoms with Gasteiger partial charge in [-0.05, 0) is 45.9 Å². The van der Waals surface area contributed by atoms with Crippen LogP contribution in [0.2, 0.25) is 0 Å². The van der Waals surface area contributed by atoms with E-state index in [4.69, 9.17) is 4.74 Å². The van der Waals surface area contributed by atoms with Gasteiger partial charge in [0.05, 0.1) is 0 Å². The fraction of sp³-hybridized carbons (Fsp3) is 0.417. The molecule has 0 aromatic carbocycles. The van der Waals surface area contributed by atoms with Gasteiger partial charge in [0, 0.05) is 6.20 Å². The summed E-state index contributed by atoms with van der Waals surface area (Å²) >= 11 is 0. The number of pyridine rings is 1. The summed E-state index contributed by atoms with van der Waals surface area (Å²) < 4.78 is 5.55. The Balaban J connectivity index is 2.64. The molecule has 0 bridgehead atoms. The van der Waals surface area contributed by atoms with Gasteiger partial charge in [0.25, 0.3) is 0 Å². The van der Waals surface area contributed by atoms with Crippen molar-refractivity contribution in [3.05, 3.63) is 36.4 Å². The van der Waals surface area contributed by atoms with Crippen LogP contribution in [0.4, 0.5) is 5.82 Å². The van der Waals surface area contributed by atoms with Crippen molar-refractivity contribution in [2.24, 2.45) is 0 Å². The van der Waals surface area contributed by atoms with Crippen LogP contribution in [-0.4, -0.2) is 10.6 Å². The Morgan fingerprint density at radius 1 is 1.47 bits per heavy atom. The second-order valence-corrected chi connectivity index (χ2v) is 4.43. The highest BCUT2D eigenvalue weighted by Gasteiger charge is 2.12. The molecule has 15 heavy (non-hydrogen) atoms. The monoisotopic (exact) mass is 206 g/mol. The molecule has 3 heteroatoms. The average Bonchev–Trinajstić information content (AvgIpc) is 2.05. The van der Waals surface area contributed by atoms with E-state index in [0.29, 0.717) is 5.88 Å².